The van der Waals surface area contributed by atoms with Crippen LogP contribution in [0.2, 0.25) is 0 Å². The largest absolute Gasteiger partial charge is 0.335 e. The molecule has 2 heterocycles. The van der Waals surface area contributed by atoms with Crippen molar-refractivity contribution in [3.05, 3.63) is 59.9 Å². The number of benzene rings is 1. The van der Waals surface area contributed by atoms with Crippen LogP contribution in [0, 0.1) is 0 Å². The molecule has 4 heteroatoms. The number of nitrogens with one attached hydrogen (secondary N) is 1. The van der Waals surface area contributed by atoms with Gasteiger partial charge in [-0.15, -0.1) is 0 Å². The van der Waals surface area contributed by atoms with Gasteiger partial charge in [-0.05, 0) is 41.8 Å². The van der Waals surface area contributed by atoms with Gasteiger partial charge in [0.1, 0.15) is 5.65 Å². The lowest BCUT2D eigenvalue weighted by atomic mass is 10.1. The minimum absolute atomic E-state index is 0.0133. The van der Waals surface area contributed by atoms with E-state index in [0.29, 0.717) is 6.42 Å². The Morgan fingerprint density at radius 3 is 2.73 bits per heavy atom. The van der Waals surface area contributed by atoms with Crippen LogP contribution < -0.4 is 5.32 Å². The Morgan fingerprint density at radius 2 is 2.00 bits per heavy atom. The summed E-state index contributed by atoms with van der Waals surface area (Å²) < 4.78 is 1.95. The van der Waals surface area contributed by atoms with Crippen molar-refractivity contribution in [3.63, 3.8) is 0 Å². The average Bonchev–Trinajstić information content (AvgIpc) is 2.85. The van der Waals surface area contributed by atoms with Crippen LogP contribution in [0.25, 0.3) is 11.0 Å². The highest BCUT2D eigenvalue weighted by Crippen LogP contribution is 2.19. The minimum Gasteiger partial charge on any atom is -0.335 e. The molecule has 4 nitrogen and oxygen atoms in total. The molecule has 0 aliphatic carbocycles. The van der Waals surface area contributed by atoms with Crippen LogP contribution in [0.3, 0.4) is 0 Å². The number of rotatable bonds is 4. The number of hydrogen-bond acceptors (Lipinski definition) is 2. The van der Waals surface area contributed by atoms with Crippen LogP contribution in [0.4, 0.5) is 5.69 Å². The summed E-state index contributed by atoms with van der Waals surface area (Å²) in [6, 6.07) is 11.9. The zero-order valence-electron chi connectivity index (χ0n) is 12.8. The van der Waals surface area contributed by atoms with Crippen molar-refractivity contribution < 1.29 is 4.79 Å². The number of aryl methyl sites for hydroxylation is 2. The molecule has 0 aliphatic heterocycles. The number of carbonyl (C=O) groups is 1. The molecule has 0 bridgehead atoms. The summed E-state index contributed by atoms with van der Waals surface area (Å²) in [5, 5.41) is 3.98. The topological polar surface area (TPSA) is 46.9 Å². The van der Waals surface area contributed by atoms with Crippen LogP contribution in [0.15, 0.2) is 48.8 Å². The standard InChI is InChI=1S/C18H19N3O/c1-3-13-6-8-15(9-7-13)20-17(22)11-14-12-21(2)18-16(14)5-4-10-19-18/h4-10,12H,3,11H2,1-2H3,(H,20,22). The Labute approximate surface area is 129 Å². The molecule has 0 saturated carbocycles. The number of pyridine rings is 1. The highest BCUT2D eigenvalue weighted by atomic mass is 16.1. The van der Waals surface area contributed by atoms with E-state index in [2.05, 4.69) is 17.2 Å². The van der Waals surface area contributed by atoms with Crippen molar-refractivity contribution in [1.82, 2.24) is 9.55 Å². The third kappa shape index (κ3) is 2.86. The first kappa shape index (κ1) is 14.3. The van der Waals surface area contributed by atoms with Gasteiger partial charge in [-0.1, -0.05) is 19.1 Å². The summed E-state index contributed by atoms with van der Waals surface area (Å²) in [4.78, 5) is 16.6. The first-order valence-electron chi connectivity index (χ1n) is 7.45. The Balaban J connectivity index is 1.75. The van der Waals surface area contributed by atoms with Crippen LogP contribution in [0.1, 0.15) is 18.1 Å². The SMILES string of the molecule is CCc1ccc(NC(=O)Cc2cn(C)c3ncccc23)cc1. The van der Waals surface area contributed by atoms with E-state index in [-0.39, 0.29) is 5.91 Å². The van der Waals surface area contributed by atoms with E-state index in [0.717, 1.165) is 28.7 Å². The fraction of sp³-hybridized carbons (Fsp3) is 0.222. The molecule has 1 aromatic carbocycles. The lowest BCUT2D eigenvalue weighted by molar-refractivity contribution is -0.115. The summed E-state index contributed by atoms with van der Waals surface area (Å²) in [6.07, 6.45) is 5.08. The molecule has 0 atom stereocenters. The first-order valence-corrected chi connectivity index (χ1v) is 7.45. The van der Waals surface area contributed by atoms with Crippen molar-refractivity contribution >= 4 is 22.6 Å². The highest BCUT2D eigenvalue weighted by molar-refractivity contribution is 5.95. The van der Waals surface area contributed by atoms with Crippen LogP contribution in [0.5, 0.6) is 0 Å². The van der Waals surface area contributed by atoms with Gasteiger partial charge in [0.05, 0.1) is 6.42 Å². The number of aromatic nitrogens is 2. The Kier molecular flexibility index (Phi) is 3.92. The van der Waals surface area contributed by atoms with Gasteiger partial charge in [0, 0.05) is 30.5 Å². The summed E-state index contributed by atoms with van der Waals surface area (Å²) in [7, 11) is 1.94. The molecule has 0 saturated heterocycles. The lowest BCUT2D eigenvalue weighted by Gasteiger charge is -2.05. The summed E-state index contributed by atoms with van der Waals surface area (Å²) in [6.45, 7) is 2.11. The van der Waals surface area contributed by atoms with Crippen molar-refractivity contribution in [2.45, 2.75) is 19.8 Å². The maximum Gasteiger partial charge on any atom is 0.228 e. The van der Waals surface area contributed by atoms with E-state index in [1.54, 1.807) is 6.20 Å². The van der Waals surface area contributed by atoms with E-state index in [1.165, 1.54) is 5.56 Å². The second kappa shape index (κ2) is 6.02. The van der Waals surface area contributed by atoms with Crippen molar-refractivity contribution in [1.29, 1.82) is 0 Å². The molecule has 0 aliphatic rings. The number of nitrogens with zero attached hydrogens (tertiary/aromatic N) is 2. The van der Waals surface area contributed by atoms with E-state index in [1.807, 2.05) is 54.2 Å². The second-order valence-electron chi connectivity index (χ2n) is 5.42. The monoisotopic (exact) mass is 293 g/mol. The molecule has 0 radical (unpaired) electrons. The normalized spacial score (nSPS) is 10.8. The van der Waals surface area contributed by atoms with E-state index >= 15 is 0 Å². The molecule has 3 aromatic rings. The van der Waals surface area contributed by atoms with E-state index in [9.17, 15) is 4.79 Å². The molecule has 0 spiro atoms. The number of fused-ring (bicyclic) bond motifs is 1. The van der Waals surface area contributed by atoms with E-state index < -0.39 is 0 Å². The minimum atomic E-state index is -0.0133. The Morgan fingerprint density at radius 1 is 1.23 bits per heavy atom. The molecule has 1 N–H and O–H groups in total. The predicted molar refractivity (Wildman–Crippen MR) is 88.9 cm³/mol. The van der Waals surface area contributed by atoms with Gasteiger partial charge in [-0.3, -0.25) is 4.79 Å². The van der Waals surface area contributed by atoms with Crippen molar-refractivity contribution in [3.8, 4) is 0 Å². The molecule has 1 amide bonds. The molecule has 112 valence electrons. The highest BCUT2D eigenvalue weighted by Gasteiger charge is 2.11. The number of anilines is 1. The van der Waals surface area contributed by atoms with Crippen molar-refractivity contribution in [2.24, 2.45) is 7.05 Å². The van der Waals surface area contributed by atoms with Crippen LogP contribution in [-0.2, 0) is 24.7 Å². The molecule has 22 heavy (non-hydrogen) atoms. The van der Waals surface area contributed by atoms with Gasteiger partial charge < -0.3 is 9.88 Å². The second-order valence-corrected chi connectivity index (χ2v) is 5.42. The van der Waals surface area contributed by atoms with Gasteiger partial charge in [0.15, 0.2) is 0 Å². The third-order valence-electron chi connectivity index (χ3n) is 3.81. The third-order valence-corrected chi connectivity index (χ3v) is 3.81. The Bertz CT molecular complexity index is 803. The van der Waals surface area contributed by atoms with Crippen LogP contribution >= 0.6 is 0 Å². The number of hydrogen-bond donors (Lipinski definition) is 1. The molecule has 0 fully saturated rings. The predicted octanol–water partition coefficient (Wildman–Crippen LogP) is 3.32. The molecular formula is C18H19N3O. The fourth-order valence-electron chi connectivity index (χ4n) is 2.64. The van der Waals surface area contributed by atoms with Gasteiger partial charge >= 0.3 is 0 Å². The van der Waals surface area contributed by atoms with Gasteiger partial charge in [-0.25, -0.2) is 4.98 Å². The summed E-state index contributed by atoms with van der Waals surface area (Å²) in [5.74, 6) is -0.0133. The molecule has 3 rings (SSSR count). The smallest absolute Gasteiger partial charge is 0.228 e. The zero-order chi connectivity index (χ0) is 15.5. The number of carbonyl (C=O) groups excluding carboxylic acids is 1. The number of amides is 1. The Hall–Kier alpha value is -2.62. The van der Waals surface area contributed by atoms with Crippen LogP contribution in [-0.4, -0.2) is 15.5 Å². The molecule has 0 unspecified atom stereocenters. The van der Waals surface area contributed by atoms with Gasteiger partial charge in [0.2, 0.25) is 5.91 Å². The quantitative estimate of drug-likeness (QED) is 0.802. The summed E-state index contributed by atoms with van der Waals surface area (Å²) >= 11 is 0. The zero-order valence-corrected chi connectivity index (χ0v) is 12.8. The maximum absolute atomic E-state index is 12.2. The van der Waals surface area contributed by atoms with E-state index in [4.69, 9.17) is 0 Å². The fourth-order valence-corrected chi connectivity index (χ4v) is 2.64. The maximum atomic E-state index is 12.2. The van der Waals surface area contributed by atoms with Gasteiger partial charge in [0.25, 0.3) is 0 Å². The summed E-state index contributed by atoms with van der Waals surface area (Å²) in [5.41, 5.74) is 3.99. The lowest BCUT2D eigenvalue weighted by Crippen LogP contribution is -2.14. The molecular weight excluding hydrogens is 274 g/mol. The average molecular weight is 293 g/mol. The van der Waals surface area contributed by atoms with Gasteiger partial charge in [-0.2, -0.15) is 0 Å². The first-order chi connectivity index (χ1) is 10.7. The molecule has 2 aromatic heterocycles. The van der Waals surface area contributed by atoms with Crippen molar-refractivity contribution in [2.75, 3.05) is 5.32 Å².